The van der Waals surface area contributed by atoms with Crippen LogP contribution in [0.2, 0.25) is 5.02 Å². The van der Waals surface area contributed by atoms with Gasteiger partial charge in [0.05, 0.1) is 32.4 Å². The molecule has 196 valence electrons. The number of sulfonamides is 1. The van der Waals surface area contributed by atoms with Crippen molar-refractivity contribution in [1.29, 1.82) is 0 Å². The molecule has 37 heavy (non-hydrogen) atoms. The lowest BCUT2D eigenvalue weighted by atomic mass is 10.1. The minimum absolute atomic E-state index is 0.106. The minimum Gasteiger partial charge on any atom is -0.350 e. The zero-order chi connectivity index (χ0) is 27.4. The second-order valence-corrected chi connectivity index (χ2v) is 10.5. The molecule has 2 amide bonds. The summed E-state index contributed by atoms with van der Waals surface area (Å²) in [5, 5.41) is 4.56. The molecule has 0 fully saturated rings. The van der Waals surface area contributed by atoms with Gasteiger partial charge >= 0.3 is 6.18 Å². The molecule has 0 bridgehead atoms. The van der Waals surface area contributed by atoms with E-state index in [4.69, 9.17) is 11.6 Å². The Bertz CT molecular complexity index is 1400. The largest absolute Gasteiger partial charge is 0.417 e. The van der Waals surface area contributed by atoms with Gasteiger partial charge in [-0.2, -0.15) is 13.2 Å². The minimum atomic E-state index is -4.86. The van der Waals surface area contributed by atoms with Crippen LogP contribution in [0.1, 0.15) is 29.8 Å². The maximum atomic E-state index is 13.5. The summed E-state index contributed by atoms with van der Waals surface area (Å²) in [6.07, 6.45) is -4.86. The van der Waals surface area contributed by atoms with Gasteiger partial charge in [-0.05, 0) is 56.3 Å². The van der Waals surface area contributed by atoms with Crippen molar-refractivity contribution in [2.75, 3.05) is 16.2 Å². The number of nitrogens with zero attached hydrogens (tertiary/aromatic N) is 1. The second kappa shape index (κ2) is 11.2. The van der Waals surface area contributed by atoms with Gasteiger partial charge in [0.2, 0.25) is 5.91 Å². The van der Waals surface area contributed by atoms with E-state index >= 15 is 0 Å². The SMILES string of the molecule is CC(C)NC(=O)c1ccccc1NC(=O)CN(c1ccc(Cl)c(C(F)(F)F)c1)S(=O)(=O)c1ccccc1. The molecule has 0 atom stereocenters. The van der Waals surface area contributed by atoms with E-state index in [1.165, 1.54) is 36.4 Å². The van der Waals surface area contributed by atoms with E-state index in [0.29, 0.717) is 10.4 Å². The zero-order valence-corrected chi connectivity index (χ0v) is 21.3. The topological polar surface area (TPSA) is 95.6 Å². The number of alkyl halides is 3. The monoisotopic (exact) mass is 553 g/mol. The molecule has 3 rings (SSSR count). The first-order chi connectivity index (χ1) is 17.3. The maximum Gasteiger partial charge on any atom is 0.417 e. The maximum absolute atomic E-state index is 13.5. The van der Waals surface area contributed by atoms with Crippen LogP contribution in [-0.2, 0) is 21.0 Å². The number of nitrogens with one attached hydrogen (secondary N) is 2. The van der Waals surface area contributed by atoms with Gasteiger partial charge in [0, 0.05) is 6.04 Å². The number of carbonyl (C=O) groups is 2. The molecule has 3 aromatic rings. The lowest BCUT2D eigenvalue weighted by molar-refractivity contribution is -0.137. The molecule has 0 aliphatic carbocycles. The molecule has 0 saturated carbocycles. The van der Waals surface area contributed by atoms with Gasteiger partial charge in [-0.25, -0.2) is 8.42 Å². The van der Waals surface area contributed by atoms with Gasteiger partial charge in [-0.15, -0.1) is 0 Å². The molecular formula is C25H23ClF3N3O4S. The Balaban J connectivity index is 2.01. The summed E-state index contributed by atoms with van der Waals surface area (Å²) in [4.78, 5) is 25.3. The van der Waals surface area contributed by atoms with Gasteiger partial charge in [0.15, 0.2) is 0 Å². The fourth-order valence-corrected chi connectivity index (χ4v) is 5.03. The molecule has 0 aromatic heterocycles. The highest BCUT2D eigenvalue weighted by Gasteiger charge is 2.35. The van der Waals surface area contributed by atoms with Crippen LogP contribution in [0.25, 0.3) is 0 Å². The first-order valence-corrected chi connectivity index (χ1v) is 12.8. The first kappa shape index (κ1) is 28.0. The summed E-state index contributed by atoms with van der Waals surface area (Å²) < 4.78 is 67.9. The predicted octanol–water partition coefficient (Wildman–Crippen LogP) is 5.33. The van der Waals surface area contributed by atoms with Crippen LogP contribution < -0.4 is 14.9 Å². The fourth-order valence-electron chi connectivity index (χ4n) is 3.37. The molecular weight excluding hydrogens is 531 g/mol. The third-order valence-electron chi connectivity index (χ3n) is 5.03. The van der Waals surface area contributed by atoms with Crippen molar-refractivity contribution in [3.05, 3.63) is 88.9 Å². The van der Waals surface area contributed by atoms with E-state index < -0.39 is 50.8 Å². The van der Waals surface area contributed by atoms with Crippen LogP contribution in [0.4, 0.5) is 24.5 Å². The highest BCUT2D eigenvalue weighted by molar-refractivity contribution is 7.92. The molecule has 0 unspecified atom stereocenters. The van der Waals surface area contributed by atoms with E-state index in [1.807, 2.05) is 0 Å². The number of carbonyl (C=O) groups excluding carboxylic acids is 2. The van der Waals surface area contributed by atoms with Crippen LogP contribution in [-0.4, -0.2) is 32.8 Å². The van der Waals surface area contributed by atoms with E-state index in [2.05, 4.69) is 10.6 Å². The molecule has 0 aliphatic rings. The van der Waals surface area contributed by atoms with Crippen LogP contribution in [0.5, 0.6) is 0 Å². The van der Waals surface area contributed by atoms with Crippen LogP contribution >= 0.6 is 11.6 Å². The Hall–Kier alpha value is -3.57. The zero-order valence-electron chi connectivity index (χ0n) is 19.7. The van der Waals surface area contributed by atoms with Gasteiger partial charge in [-0.1, -0.05) is 41.9 Å². The summed E-state index contributed by atoms with van der Waals surface area (Å²) in [5.41, 5.74) is -1.43. The molecule has 0 aliphatic heterocycles. The number of hydrogen-bond acceptors (Lipinski definition) is 4. The third kappa shape index (κ3) is 6.80. The van der Waals surface area contributed by atoms with Gasteiger partial charge < -0.3 is 10.6 Å². The molecule has 2 N–H and O–H groups in total. The first-order valence-electron chi connectivity index (χ1n) is 10.9. The molecule has 0 radical (unpaired) electrons. The average Bonchev–Trinajstić information content (AvgIpc) is 2.82. The predicted molar refractivity (Wildman–Crippen MR) is 135 cm³/mol. The van der Waals surface area contributed by atoms with Crippen molar-refractivity contribution in [2.24, 2.45) is 0 Å². The van der Waals surface area contributed by atoms with Crippen molar-refractivity contribution in [1.82, 2.24) is 5.32 Å². The van der Waals surface area contributed by atoms with Crippen LogP contribution in [0, 0.1) is 0 Å². The summed E-state index contributed by atoms with van der Waals surface area (Å²) in [5.74, 6) is -1.35. The highest BCUT2D eigenvalue weighted by atomic mass is 35.5. The van der Waals surface area contributed by atoms with Crippen LogP contribution in [0.3, 0.4) is 0 Å². The van der Waals surface area contributed by atoms with Crippen molar-refractivity contribution in [2.45, 2.75) is 31.0 Å². The fraction of sp³-hybridized carbons (Fsp3) is 0.200. The number of rotatable bonds is 8. The normalized spacial score (nSPS) is 11.8. The van der Waals surface area contributed by atoms with Crippen molar-refractivity contribution in [3.63, 3.8) is 0 Å². The second-order valence-electron chi connectivity index (χ2n) is 8.21. The van der Waals surface area contributed by atoms with Crippen LogP contribution in [0.15, 0.2) is 77.7 Å². The van der Waals surface area contributed by atoms with E-state index in [0.717, 1.165) is 12.1 Å². The smallest absolute Gasteiger partial charge is 0.350 e. The highest BCUT2D eigenvalue weighted by Crippen LogP contribution is 2.38. The lowest BCUT2D eigenvalue weighted by Gasteiger charge is -2.25. The number of halogens is 4. The van der Waals surface area contributed by atoms with Gasteiger partial charge in [-0.3, -0.25) is 13.9 Å². The van der Waals surface area contributed by atoms with E-state index in [-0.39, 0.29) is 22.2 Å². The number of para-hydroxylation sites is 1. The summed E-state index contributed by atoms with van der Waals surface area (Å²) in [6.45, 7) is 2.63. The summed E-state index contributed by atoms with van der Waals surface area (Å²) in [7, 11) is -4.48. The quantitative estimate of drug-likeness (QED) is 0.394. The number of benzene rings is 3. The third-order valence-corrected chi connectivity index (χ3v) is 7.14. The Morgan fingerprint density at radius 3 is 2.22 bits per heavy atom. The standard InChI is InChI=1S/C25H23ClF3N3O4S/c1-16(2)30-24(34)19-10-6-7-11-22(19)31-23(33)15-32(37(35,36)18-8-4-3-5-9-18)17-12-13-21(26)20(14-17)25(27,28)29/h3-14,16H,15H2,1-2H3,(H,30,34)(H,31,33). The number of anilines is 2. The molecule has 0 saturated heterocycles. The Morgan fingerprint density at radius 1 is 0.973 bits per heavy atom. The van der Waals surface area contributed by atoms with Gasteiger partial charge in [0.25, 0.3) is 15.9 Å². The number of hydrogen-bond donors (Lipinski definition) is 2. The molecule has 3 aromatic carbocycles. The van der Waals surface area contributed by atoms with Crippen molar-refractivity contribution >= 4 is 44.8 Å². The lowest BCUT2D eigenvalue weighted by Crippen LogP contribution is -2.38. The Labute approximate surface area is 217 Å². The number of amides is 2. The van der Waals surface area contributed by atoms with E-state index in [9.17, 15) is 31.2 Å². The average molecular weight is 554 g/mol. The van der Waals surface area contributed by atoms with Crippen molar-refractivity contribution in [3.8, 4) is 0 Å². The van der Waals surface area contributed by atoms with Gasteiger partial charge in [0.1, 0.15) is 6.54 Å². The summed E-state index contributed by atoms with van der Waals surface area (Å²) in [6, 6.07) is 15.4. The van der Waals surface area contributed by atoms with E-state index in [1.54, 1.807) is 32.0 Å². The Kier molecular flexibility index (Phi) is 8.49. The summed E-state index contributed by atoms with van der Waals surface area (Å²) >= 11 is 5.71. The van der Waals surface area contributed by atoms with Crippen molar-refractivity contribution < 1.29 is 31.2 Å². The molecule has 7 nitrogen and oxygen atoms in total. The molecule has 0 heterocycles. The molecule has 12 heteroatoms. The molecule has 0 spiro atoms. The Morgan fingerprint density at radius 2 is 1.59 bits per heavy atom.